The van der Waals surface area contributed by atoms with Crippen molar-refractivity contribution in [3.63, 3.8) is 0 Å². The summed E-state index contributed by atoms with van der Waals surface area (Å²) < 4.78 is 2.98. The van der Waals surface area contributed by atoms with E-state index >= 15 is 0 Å². The number of hydrogen-bond donors (Lipinski definition) is 1. The van der Waals surface area contributed by atoms with E-state index in [0.717, 1.165) is 54.7 Å². The molecular weight excluding hydrogens is 382 g/mol. The summed E-state index contributed by atoms with van der Waals surface area (Å²) in [6, 6.07) is 14.1. The number of hydrogen-bond acceptors (Lipinski definition) is 6. The number of nitrogens with one attached hydrogen (secondary N) is 1. The number of benzene rings is 2. The van der Waals surface area contributed by atoms with E-state index < -0.39 is 0 Å². The van der Waals surface area contributed by atoms with Crippen LogP contribution < -0.4 is 0 Å². The summed E-state index contributed by atoms with van der Waals surface area (Å²) in [6.45, 7) is 3.91. The molecule has 140 valence electrons. The van der Waals surface area contributed by atoms with Crippen molar-refractivity contribution in [1.82, 2.24) is 34.5 Å². The number of para-hydroxylation sites is 1. The monoisotopic (exact) mass is 397 g/mol. The van der Waals surface area contributed by atoms with Crippen molar-refractivity contribution in [2.45, 2.75) is 13.8 Å². The van der Waals surface area contributed by atoms with Crippen molar-refractivity contribution >= 4 is 38.2 Å². The molecular formula is C21H15N7S. The van der Waals surface area contributed by atoms with Gasteiger partial charge in [-0.25, -0.2) is 19.5 Å². The fraction of sp³-hybridized carbons (Fsp3) is 0.0952. The standard InChI is InChI=1S/C21H15N7S/c1-11-10-22-12(2)20-26-18(27-28(11)20)13-7-8-14-16(9-13)24-19(23-14)21-25-15-5-3-4-6-17(15)29-21/h3-10H,1-2H3,(H,23,24). The van der Waals surface area contributed by atoms with Gasteiger partial charge >= 0.3 is 0 Å². The topological polar surface area (TPSA) is 84.6 Å². The van der Waals surface area contributed by atoms with E-state index in [1.54, 1.807) is 11.3 Å². The fourth-order valence-corrected chi connectivity index (χ4v) is 4.35. The van der Waals surface area contributed by atoms with Crippen LogP contribution in [-0.2, 0) is 0 Å². The Hall–Kier alpha value is -3.65. The Morgan fingerprint density at radius 3 is 2.72 bits per heavy atom. The van der Waals surface area contributed by atoms with Crippen LogP contribution in [0.5, 0.6) is 0 Å². The molecule has 0 saturated heterocycles. The number of imidazole rings is 1. The first kappa shape index (κ1) is 16.3. The first-order valence-corrected chi connectivity index (χ1v) is 10.0. The molecule has 0 spiro atoms. The van der Waals surface area contributed by atoms with E-state index in [2.05, 4.69) is 26.1 Å². The number of H-pyrrole nitrogens is 1. The van der Waals surface area contributed by atoms with Gasteiger partial charge in [0, 0.05) is 11.8 Å². The van der Waals surface area contributed by atoms with Crippen molar-refractivity contribution < 1.29 is 0 Å². The first-order valence-electron chi connectivity index (χ1n) is 9.21. The molecule has 2 aromatic carbocycles. The van der Waals surface area contributed by atoms with Crippen LogP contribution in [0.2, 0.25) is 0 Å². The molecule has 6 rings (SSSR count). The lowest BCUT2D eigenvalue weighted by molar-refractivity contribution is 0.891. The van der Waals surface area contributed by atoms with E-state index in [1.165, 1.54) is 0 Å². The number of aryl methyl sites for hydroxylation is 2. The van der Waals surface area contributed by atoms with Crippen LogP contribution in [0.15, 0.2) is 48.7 Å². The Bertz CT molecular complexity index is 1470. The van der Waals surface area contributed by atoms with Gasteiger partial charge in [0.25, 0.3) is 0 Å². The molecule has 7 nitrogen and oxygen atoms in total. The highest BCUT2D eigenvalue weighted by Crippen LogP contribution is 2.30. The van der Waals surface area contributed by atoms with Crippen molar-refractivity contribution in [1.29, 1.82) is 0 Å². The summed E-state index contributed by atoms with van der Waals surface area (Å²) in [7, 11) is 0. The van der Waals surface area contributed by atoms with Gasteiger partial charge in [0.05, 0.1) is 32.6 Å². The Balaban J connectivity index is 1.47. The summed E-state index contributed by atoms with van der Waals surface area (Å²) in [5, 5.41) is 5.55. The predicted molar refractivity (Wildman–Crippen MR) is 114 cm³/mol. The molecule has 0 atom stereocenters. The average molecular weight is 397 g/mol. The van der Waals surface area contributed by atoms with E-state index in [1.807, 2.05) is 61.0 Å². The van der Waals surface area contributed by atoms with Gasteiger partial charge in [-0.3, -0.25) is 4.98 Å². The lowest BCUT2D eigenvalue weighted by Crippen LogP contribution is -1.97. The minimum Gasteiger partial charge on any atom is -0.336 e. The Kier molecular flexibility index (Phi) is 3.33. The second-order valence-corrected chi connectivity index (χ2v) is 7.99. The molecule has 8 heteroatoms. The maximum Gasteiger partial charge on any atom is 0.182 e. The molecule has 0 radical (unpaired) electrons. The lowest BCUT2D eigenvalue weighted by Gasteiger charge is -1.97. The molecule has 0 bridgehead atoms. The number of aromatic amines is 1. The second kappa shape index (κ2) is 5.92. The van der Waals surface area contributed by atoms with Gasteiger partial charge in [0.2, 0.25) is 0 Å². The molecule has 4 heterocycles. The molecule has 0 aliphatic rings. The summed E-state index contributed by atoms with van der Waals surface area (Å²) in [5.41, 5.74) is 6.32. The third-order valence-corrected chi connectivity index (χ3v) is 5.99. The highest BCUT2D eigenvalue weighted by molar-refractivity contribution is 7.21. The fourth-order valence-electron chi connectivity index (χ4n) is 3.44. The molecule has 0 aliphatic carbocycles. The molecule has 4 aromatic heterocycles. The van der Waals surface area contributed by atoms with Crippen LogP contribution >= 0.6 is 11.3 Å². The molecule has 6 aromatic rings. The molecule has 29 heavy (non-hydrogen) atoms. The highest BCUT2D eigenvalue weighted by atomic mass is 32.1. The molecule has 0 amide bonds. The maximum atomic E-state index is 4.72. The van der Waals surface area contributed by atoms with Crippen molar-refractivity contribution in [3.8, 4) is 22.2 Å². The molecule has 0 fully saturated rings. The van der Waals surface area contributed by atoms with Crippen molar-refractivity contribution in [2.24, 2.45) is 0 Å². The van der Waals surface area contributed by atoms with E-state index in [0.29, 0.717) is 5.82 Å². The van der Waals surface area contributed by atoms with Gasteiger partial charge < -0.3 is 4.98 Å². The maximum absolute atomic E-state index is 4.72. The summed E-state index contributed by atoms with van der Waals surface area (Å²) in [5.74, 6) is 1.44. The zero-order valence-corrected chi connectivity index (χ0v) is 16.5. The van der Waals surface area contributed by atoms with Gasteiger partial charge in [-0.2, -0.15) is 0 Å². The minimum atomic E-state index is 0.669. The number of fused-ring (bicyclic) bond motifs is 3. The number of thiazole rings is 1. The third-order valence-electron chi connectivity index (χ3n) is 4.95. The molecule has 0 aliphatic heterocycles. The first-order chi connectivity index (χ1) is 14.2. The summed E-state index contributed by atoms with van der Waals surface area (Å²) >= 11 is 1.63. The second-order valence-electron chi connectivity index (χ2n) is 6.96. The van der Waals surface area contributed by atoms with Crippen LogP contribution in [0, 0.1) is 13.8 Å². The Labute approximate surface area is 169 Å². The van der Waals surface area contributed by atoms with Gasteiger partial charge in [0.15, 0.2) is 22.3 Å². The van der Waals surface area contributed by atoms with Gasteiger partial charge in [-0.1, -0.05) is 12.1 Å². The largest absolute Gasteiger partial charge is 0.336 e. The predicted octanol–water partition coefficient (Wildman–Crippen LogP) is 4.56. The van der Waals surface area contributed by atoms with Gasteiger partial charge in [0.1, 0.15) is 0 Å². The molecule has 0 unspecified atom stereocenters. The zero-order chi connectivity index (χ0) is 19.5. The number of rotatable bonds is 2. The molecule has 1 N–H and O–H groups in total. The van der Waals surface area contributed by atoms with Crippen LogP contribution in [0.25, 0.3) is 49.1 Å². The van der Waals surface area contributed by atoms with Crippen molar-refractivity contribution in [3.05, 3.63) is 60.0 Å². The summed E-state index contributed by atoms with van der Waals surface area (Å²) in [6.07, 6.45) is 1.81. The normalized spacial score (nSPS) is 11.8. The summed E-state index contributed by atoms with van der Waals surface area (Å²) in [4.78, 5) is 21.9. The third kappa shape index (κ3) is 2.53. The van der Waals surface area contributed by atoms with Gasteiger partial charge in [-0.15, -0.1) is 16.4 Å². The molecule has 0 saturated carbocycles. The highest BCUT2D eigenvalue weighted by Gasteiger charge is 2.14. The van der Waals surface area contributed by atoms with Gasteiger partial charge in [-0.05, 0) is 44.2 Å². The SMILES string of the molecule is Cc1ncc(C)n2nc(-c3ccc4nc(-c5nc6ccccc6s5)[nH]c4c3)nc12. The lowest BCUT2D eigenvalue weighted by atomic mass is 10.2. The zero-order valence-electron chi connectivity index (χ0n) is 15.7. The minimum absolute atomic E-state index is 0.669. The van der Waals surface area contributed by atoms with Crippen molar-refractivity contribution in [2.75, 3.05) is 0 Å². The average Bonchev–Trinajstić information content (AvgIpc) is 3.46. The van der Waals surface area contributed by atoms with E-state index in [9.17, 15) is 0 Å². The van der Waals surface area contributed by atoms with Crippen LogP contribution in [0.3, 0.4) is 0 Å². The quantitative estimate of drug-likeness (QED) is 0.463. The van der Waals surface area contributed by atoms with E-state index in [-0.39, 0.29) is 0 Å². The smallest absolute Gasteiger partial charge is 0.182 e. The Morgan fingerprint density at radius 2 is 1.86 bits per heavy atom. The Morgan fingerprint density at radius 1 is 0.966 bits per heavy atom. The van der Waals surface area contributed by atoms with Crippen LogP contribution in [-0.4, -0.2) is 34.5 Å². The number of aromatic nitrogens is 7. The number of nitrogens with zero attached hydrogens (tertiary/aromatic N) is 6. The van der Waals surface area contributed by atoms with Crippen LogP contribution in [0.1, 0.15) is 11.4 Å². The van der Waals surface area contributed by atoms with Crippen LogP contribution in [0.4, 0.5) is 0 Å². The van der Waals surface area contributed by atoms with E-state index in [4.69, 9.17) is 9.97 Å².